The van der Waals surface area contributed by atoms with E-state index in [-0.39, 0.29) is 29.1 Å². The highest BCUT2D eigenvalue weighted by Crippen LogP contribution is 2.02. The molecule has 2 nitrogen and oxygen atoms in total. The van der Waals surface area contributed by atoms with E-state index >= 15 is 0 Å². The van der Waals surface area contributed by atoms with Crippen LogP contribution in [0.5, 0.6) is 0 Å². The molecular weight excluding hydrogens is 273 g/mol. The number of rotatable bonds is 3. The van der Waals surface area contributed by atoms with Crippen molar-refractivity contribution >= 4 is 16.9 Å². The van der Waals surface area contributed by atoms with Crippen molar-refractivity contribution in [2.24, 2.45) is 0 Å². The summed E-state index contributed by atoms with van der Waals surface area (Å²) in [5.74, 6) is 0.929. The van der Waals surface area contributed by atoms with Gasteiger partial charge in [-0.1, -0.05) is 11.8 Å². The molecule has 4 heteroatoms. The van der Waals surface area contributed by atoms with Crippen LogP contribution in [0.2, 0.25) is 0 Å². The molecule has 0 aromatic carbocycles. The summed E-state index contributed by atoms with van der Waals surface area (Å²) < 4.78 is 0.931. The second-order valence-electron chi connectivity index (χ2n) is 3.35. The van der Waals surface area contributed by atoms with Crippen LogP contribution in [-0.4, -0.2) is 43.0 Å². The maximum absolute atomic E-state index is 10.5. The summed E-state index contributed by atoms with van der Waals surface area (Å²) in [7, 11) is 6.38. The van der Waals surface area contributed by atoms with Gasteiger partial charge >= 0.3 is 0 Å². The normalized spacial score (nSPS) is 10.5. The zero-order chi connectivity index (χ0) is 8.20. The van der Waals surface area contributed by atoms with Crippen LogP contribution in [0.3, 0.4) is 0 Å². The number of quaternary nitrogens is 1. The molecule has 0 unspecified atom stereocenters. The summed E-state index contributed by atoms with van der Waals surface area (Å²) in [4.78, 5) is 10.5. The highest BCUT2D eigenvalue weighted by atomic mass is 127. The number of hydrogen-bond donors (Lipinski definition) is 0. The summed E-state index contributed by atoms with van der Waals surface area (Å²) in [5.41, 5.74) is 0. The molecule has 11 heavy (non-hydrogen) atoms. The van der Waals surface area contributed by atoms with E-state index in [4.69, 9.17) is 0 Å². The van der Waals surface area contributed by atoms with Crippen LogP contribution in [0.4, 0.5) is 0 Å². The Morgan fingerprint density at radius 2 is 1.82 bits per heavy atom. The van der Waals surface area contributed by atoms with Gasteiger partial charge in [-0.25, -0.2) is 0 Å². The Bertz CT molecular complexity index is 122. The predicted octanol–water partition coefficient (Wildman–Crippen LogP) is -2.56. The molecule has 0 saturated carbocycles. The van der Waals surface area contributed by atoms with Crippen LogP contribution in [0.1, 0.15) is 6.92 Å². The lowest BCUT2D eigenvalue weighted by molar-refractivity contribution is -0.867. The van der Waals surface area contributed by atoms with Gasteiger partial charge in [0, 0.05) is 6.92 Å². The van der Waals surface area contributed by atoms with E-state index < -0.39 is 0 Å². The van der Waals surface area contributed by atoms with Gasteiger partial charge < -0.3 is 4.48 Å². The molecule has 0 aliphatic rings. The predicted molar refractivity (Wildman–Crippen MR) is 48.8 cm³/mol. The molecule has 0 spiro atoms. The van der Waals surface area contributed by atoms with Gasteiger partial charge in [0.1, 0.15) is 0 Å². The number of carbonyl (C=O) groups is 1. The number of halogens is 1. The third-order valence-corrected chi connectivity index (χ3v) is 1.86. The van der Waals surface area contributed by atoms with Gasteiger partial charge in [0.25, 0.3) is 0 Å². The molecule has 0 amide bonds. The van der Waals surface area contributed by atoms with Crippen LogP contribution in [-0.2, 0) is 4.79 Å². The van der Waals surface area contributed by atoms with E-state index in [0.717, 1.165) is 16.8 Å². The third kappa shape index (κ3) is 13.7. The average molecular weight is 291 g/mol. The van der Waals surface area contributed by atoms with E-state index in [9.17, 15) is 4.79 Å². The largest absolute Gasteiger partial charge is 0.330 e. The fourth-order valence-electron chi connectivity index (χ4n) is 0.463. The third-order valence-electron chi connectivity index (χ3n) is 1.07. The maximum Gasteiger partial charge on any atom is 0.235 e. The van der Waals surface area contributed by atoms with Gasteiger partial charge in [-0.3, -0.25) is 4.79 Å². The lowest BCUT2D eigenvalue weighted by Gasteiger charge is -2.22. The van der Waals surface area contributed by atoms with E-state index in [1.54, 1.807) is 6.92 Å². The van der Waals surface area contributed by atoms with E-state index in [1.807, 2.05) is 0 Å². The zero-order valence-corrected chi connectivity index (χ0v) is 11.0. The minimum absolute atomic E-state index is 0. The van der Waals surface area contributed by atoms with Gasteiger partial charge in [0.2, 0.25) is 24.0 Å². The first-order valence-electron chi connectivity index (χ1n) is 3.35. The van der Waals surface area contributed by atoms with Crippen molar-refractivity contribution in [1.29, 1.82) is 0 Å². The Morgan fingerprint density at radius 1 is 1.36 bits per heavy atom. The highest BCUT2D eigenvalue weighted by Gasteiger charge is 2.06. The van der Waals surface area contributed by atoms with E-state index in [1.165, 1.54) is 11.8 Å². The molecule has 0 atom stereocenters. The van der Waals surface area contributed by atoms with Crippen molar-refractivity contribution in [2.75, 3.05) is 33.4 Å². The van der Waals surface area contributed by atoms with E-state index in [0.29, 0.717) is 0 Å². The van der Waals surface area contributed by atoms with E-state index in [2.05, 4.69) is 21.1 Å². The first kappa shape index (κ1) is 14.2. The fourth-order valence-corrected chi connectivity index (χ4v) is 1.39. The molecule has 0 N–H and O–H groups in total. The zero-order valence-electron chi connectivity index (χ0n) is 7.63. The number of nitrogens with zero attached hydrogens (tertiary/aromatic N) is 1. The second-order valence-corrected chi connectivity index (χ2v) is 4.63. The summed E-state index contributed by atoms with van der Waals surface area (Å²) >= 11 is 1.40. The monoisotopic (exact) mass is 291 g/mol. The van der Waals surface area contributed by atoms with Gasteiger partial charge in [-0.15, -0.1) is 0 Å². The van der Waals surface area contributed by atoms with Crippen molar-refractivity contribution in [3.05, 3.63) is 0 Å². The number of thioether (sulfide) groups is 1. The summed E-state index contributed by atoms with van der Waals surface area (Å²) in [5, 5.41) is 0.216. The summed E-state index contributed by atoms with van der Waals surface area (Å²) in [6.45, 7) is 2.66. The van der Waals surface area contributed by atoms with Crippen molar-refractivity contribution in [3.63, 3.8) is 0 Å². The molecule has 0 aromatic rings. The van der Waals surface area contributed by atoms with Crippen LogP contribution in [0.25, 0.3) is 0 Å². The highest BCUT2D eigenvalue weighted by molar-refractivity contribution is 8.13. The summed E-state index contributed by atoms with van der Waals surface area (Å²) in [6, 6.07) is 0. The standard InChI is InChI=1S/C7H16NOS.H2I/c1-7(9)10-6-5-8(2,3)4;/h5-6H2,1-4H3;1H2/q2*+1. The molecule has 0 radical (unpaired) electrons. The Labute approximate surface area is 90.3 Å². The second kappa shape index (κ2) is 6.25. The average Bonchev–Trinajstić information content (AvgIpc) is 1.59. The Hall–Kier alpha value is 0.710. The molecule has 0 fully saturated rings. The first-order chi connectivity index (χ1) is 4.42. The Balaban J connectivity index is 0. The summed E-state index contributed by atoms with van der Waals surface area (Å²) in [6.07, 6.45) is 0. The Morgan fingerprint density at radius 3 is 2.09 bits per heavy atom. The molecule has 68 valence electrons. The molecule has 0 aromatic heterocycles. The van der Waals surface area contributed by atoms with Crippen LogP contribution in [0, 0.1) is 0 Å². The first-order valence-corrected chi connectivity index (χ1v) is 4.34. The van der Waals surface area contributed by atoms with Crippen LogP contribution in [0.15, 0.2) is 0 Å². The molecule has 0 aliphatic carbocycles. The van der Waals surface area contributed by atoms with Crippen molar-refractivity contribution in [3.8, 4) is 0 Å². The van der Waals surface area contributed by atoms with Gasteiger partial charge in [0.15, 0.2) is 5.12 Å². The SMILES string of the molecule is CC(=O)SCC[N+](C)(C)C.[IH2+]. The fraction of sp³-hybridized carbons (Fsp3) is 0.857. The molecule has 0 heterocycles. The Kier molecular flexibility index (Phi) is 8.10. The topological polar surface area (TPSA) is 17.1 Å². The lowest BCUT2D eigenvalue weighted by Crippen LogP contribution is -3.00. The molecule has 0 aliphatic heterocycles. The minimum Gasteiger partial charge on any atom is -0.330 e. The van der Waals surface area contributed by atoms with Gasteiger partial charge in [-0.05, 0) is 0 Å². The smallest absolute Gasteiger partial charge is 0.235 e. The molecule has 0 bridgehead atoms. The molecular formula is C7H18INOS+2. The quantitative estimate of drug-likeness (QED) is 0.420. The van der Waals surface area contributed by atoms with Crippen molar-refractivity contribution < 1.29 is 33.3 Å². The van der Waals surface area contributed by atoms with Gasteiger partial charge in [-0.2, -0.15) is 0 Å². The van der Waals surface area contributed by atoms with Crippen molar-refractivity contribution in [2.45, 2.75) is 6.92 Å². The van der Waals surface area contributed by atoms with Gasteiger partial charge in [0.05, 0.1) is 33.4 Å². The molecule has 0 rings (SSSR count). The lowest BCUT2D eigenvalue weighted by atomic mass is 10.6. The van der Waals surface area contributed by atoms with Crippen LogP contribution >= 0.6 is 11.8 Å². The number of hydrogen-bond acceptors (Lipinski definition) is 2. The number of carbonyl (C=O) groups excluding carboxylic acids is 1. The van der Waals surface area contributed by atoms with Crippen molar-refractivity contribution in [1.82, 2.24) is 0 Å². The minimum atomic E-state index is 0. The molecule has 0 saturated heterocycles. The van der Waals surface area contributed by atoms with Crippen LogP contribution < -0.4 is 24.0 Å². The maximum atomic E-state index is 10.5.